The molecule has 2 heterocycles. The number of aryl methyl sites for hydroxylation is 1. The van der Waals surface area contributed by atoms with Crippen LogP contribution >= 0.6 is 0 Å². The lowest BCUT2D eigenvalue weighted by atomic mass is 10.0. The molecule has 0 saturated carbocycles. The lowest BCUT2D eigenvalue weighted by molar-refractivity contribution is 0.0599. The largest absolute Gasteiger partial charge is 0.465 e. The molecule has 0 saturated heterocycles. The van der Waals surface area contributed by atoms with Crippen LogP contribution in [0, 0.1) is 6.92 Å². The van der Waals surface area contributed by atoms with E-state index >= 15 is 0 Å². The summed E-state index contributed by atoms with van der Waals surface area (Å²) in [7, 11) is 2.51. The normalized spacial score (nSPS) is 10.9. The number of carbonyl (C=O) groups is 3. The molecule has 0 amide bonds. The van der Waals surface area contributed by atoms with Crippen molar-refractivity contribution < 1.29 is 23.9 Å². The summed E-state index contributed by atoms with van der Waals surface area (Å²) in [5.41, 5.74) is 3.44. The summed E-state index contributed by atoms with van der Waals surface area (Å²) in [5.74, 6) is -0.404. The fourth-order valence-electron chi connectivity index (χ4n) is 4.06. The Labute approximate surface area is 210 Å². The van der Waals surface area contributed by atoms with Gasteiger partial charge in [0.25, 0.3) is 0 Å². The minimum Gasteiger partial charge on any atom is -0.465 e. The third-order valence-corrected chi connectivity index (χ3v) is 5.82. The van der Waals surface area contributed by atoms with Gasteiger partial charge in [-0.05, 0) is 43.3 Å². The molecule has 0 aliphatic carbocycles. The molecule has 1 N–H and O–H groups in total. The van der Waals surface area contributed by atoms with Gasteiger partial charge in [0.05, 0.1) is 36.4 Å². The highest BCUT2D eigenvalue weighted by Gasteiger charge is 2.18. The van der Waals surface area contributed by atoms with Crippen LogP contribution in [0.15, 0.2) is 66.7 Å². The minimum absolute atomic E-state index is 0.112. The van der Waals surface area contributed by atoms with Crippen molar-refractivity contribution in [1.82, 2.24) is 19.6 Å². The molecule has 0 aliphatic rings. The molecule has 0 fully saturated rings. The van der Waals surface area contributed by atoms with Crippen molar-refractivity contribution in [3.63, 3.8) is 0 Å². The summed E-state index contributed by atoms with van der Waals surface area (Å²) in [6, 6.07) is 18.7. The number of anilines is 2. The van der Waals surface area contributed by atoms with Gasteiger partial charge in [-0.25, -0.2) is 14.6 Å². The molecular weight excluding hydrogens is 474 g/mol. The summed E-state index contributed by atoms with van der Waals surface area (Å²) >= 11 is 0. The van der Waals surface area contributed by atoms with Gasteiger partial charge in [0.1, 0.15) is 5.82 Å². The van der Waals surface area contributed by atoms with Crippen molar-refractivity contribution in [3.05, 3.63) is 94.8 Å². The molecule has 10 nitrogen and oxygen atoms in total. The summed E-state index contributed by atoms with van der Waals surface area (Å²) in [4.78, 5) is 42.1. The Morgan fingerprint density at radius 1 is 0.784 bits per heavy atom. The lowest BCUT2D eigenvalue weighted by Gasteiger charge is -2.12. The average molecular weight is 495 g/mol. The molecule has 0 unspecified atom stereocenters. The highest BCUT2D eigenvalue weighted by Crippen LogP contribution is 2.27. The third-order valence-electron chi connectivity index (χ3n) is 5.82. The predicted molar refractivity (Wildman–Crippen MR) is 135 cm³/mol. The number of benzene rings is 3. The van der Waals surface area contributed by atoms with Gasteiger partial charge in [0.15, 0.2) is 11.6 Å². The van der Waals surface area contributed by atoms with E-state index in [1.807, 2.05) is 18.2 Å². The fraction of sp³-hybridized carbons (Fsp3) is 0.111. The number of ether oxygens (including phenoxy) is 2. The van der Waals surface area contributed by atoms with Crippen molar-refractivity contribution in [2.75, 3.05) is 19.5 Å². The second-order valence-electron chi connectivity index (χ2n) is 8.17. The number of hydrogen-bond donors (Lipinski definition) is 1. The zero-order chi connectivity index (χ0) is 26.1. The molecule has 5 rings (SSSR count). The smallest absolute Gasteiger partial charge is 0.337 e. The fourth-order valence-corrected chi connectivity index (χ4v) is 4.06. The van der Waals surface area contributed by atoms with E-state index in [2.05, 4.69) is 15.5 Å². The molecule has 0 aliphatic heterocycles. The summed E-state index contributed by atoms with van der Waals surface area (Å²) in [5, 5.41) is 11.6. The second-order valence-corrected chi connectivity index (χ2v) is 8.17. The van der Waals surface area contributed by atoms with Gasteiger partial charge < -0.3 is 14.8 Å². The predicted octanol–water partition coefficient (Wildman–Crippen LogP) is 4.13. The highest BCUT2D eigenvalue weighted by atomic mass is 16.5. The number of aromatic nitrogens is 4. The first-order valence-corrected chi connectivity index (χ1v) is 11.2. The van der Waals surface area contributed by atoms with E-state index in [-0.39, 0.29) is 16.9 Å². The van der Waals surface area contributed by atoms with E-state index < -0.39 is 11.9 Å². The van der Waals surface area contributed by atoms with E-state index in [1.54, 1.807) is 41.7 Å². The first-order chi connectivity index (χ1) is 17.9. The van der Waals surface area contributed by atoms with Crippen LogP contribution < -0.4 is 5.32 Å². The maximum absolute atomic E-state index is 13.0. The summed E-state index contributed by atoms with van der Waals surface area (Å²) in [6.07, 6.45) is 0. The van der Waals surface area contributed by atoms with Gasteiger partial charge in [-0.15, -0.1) is 10.2 Å². The number of nitrogens with zero attached hydrogens (tertiary/aromatic N) is 4. The number of rotatable bonds is 6. The number of esters is 2. The molecule has 2 aromatic heterocycles. The topological polar surface area (TPSA) is 125 Å². The number of carbonyl (C=O) groups excluding carboxylic acids is 3. The monoisotopic (exact) mass is 495 g/mol. The van der Waals surface area contributed by atoms with Crippen LogP contribution in [0.3, 0.4) is 0 Å². The highest BCUT2D eigenvalue weighted by molar-refractivity contribution is 6.10. The van der Waals surface area contributed by atoms with Crippen LogP contribution in [0.4, 0.5) is 11.5 Å². The zero-order valence-electron chi connectivity index (χ0n) is 20.2. The quantitative estimate of drug-likeness (QED) is 0.273. The molecule has 184 valence electrons. The number of fused-ring (bicyclic) bond motifs is 3. The molecular formula is C27H21N5O5. The van der Waals surface area contributed by atoms with Crippen LogP contribution in [-0.2, 0) is 9.47 Å². The van der Waals surface area contributed by atoms with Crippen LogP contribution in [0.1, 0.15) is 42.5 Å². The van der Waals surface area contributed by atoms with Gasteiger partial charge in [-0.1, -0.05) is 30.3 Å². The van der Waals surface area contributed by atoms with Crippen molar-refractivity contribution in [2.45, 2.75) is 6.92 Å². The van der Waals surface area contributed by atoms with E-state index in [4.69, 9.17) is 14.5 Å². The number of nitrogens with one attached hydrogen (secondary N) is 1. The van der Waals surface area contributed by atoms with Crippen LogP contribution in [0.25, 0.3) is 16.7 Å². The Morgan fingerprint density at radius 2 is 1.46 bits per heavy atom. The Bertz CT molecular complexity index is 1660. The SMILES string of the molecule is COC(=O)c1cc(Nc2nc3ccc(C(=O)c4ccccc4)cc3n3c(C)nnc23)cc(C(=O)OC)c1. The number of methoxy groups -OCH3 is 2. The van der Waals surface area contributed by atoms with E-state index in [0.717, 1.165) is 0 Å². The average Bonchev–Trinajstić information content (AvgIpc) is 3.33. The van der Waals surface area contributed by atoms with Gasteiger partial charge in [0, 0.05) is 16.8 Å². The summed E-state index contributed by atoms with van der Waals surface area (Å²) < 4.78 is 11.4. The van der Waals surface area contributed by atoms with E-state index in [1.165, 1.54) is 32.4 Å². The molecule has 37 heavy (non-hydrogen) atoms. The third kappa shape index (κ3) is 4.36. The zero-order valence-corrected chi connectivity index (χ0v) is 20.2. The van der Waals surface area contributed by atoms with Gasteiger partial charge >= 0.3 is 11.9 Å². The Kier molecular flexibility index (Phi) is 6.06. The van der Waals surface area contributed by atoms with Gasteiger partial charge in [-0.3, -0.25) is 9.20 Å². The molecule has 0 bridgehead atoms. The molecule has 10 heteroatoms. The minimum atomic E-state index is -0.612. The Balaban J connectivity index is 1.62. The van der Waals surface area contributed by atoms with Crippen molar-refractivity contribution in [1.29, 1.82) is 0 Å². The van der Waals surface area contributed by atoms with Gasteiger partial charge in [-0.2, -0.15) is 0 Å². The molecule has 0 spiro atoms. The maximum atomic E-state index is 13.0. The van der Waals surface area contributed by atoms with Crippen LogP contribution in [-0.4, -0.2) is 51.5 Å². The Hall–Kier alpha value is -5.12. The maximum Gasteiger partial charge on any atom is 0.337 e. The van der Waals surface area contributed by atoms with E-state index in [0.29, 0.717) is 45.1 Å². The van der Waals surface area contributed by atoms with Crippen molar-refractivity contribution in [2.24, 2.45) is 0 Å². The van der Waals surface area contributed by atoms with Crippen molar-refractivity contribution in [3.8, 4) is 0 Å². The van der Waals surface area contributed by atoms with Crippen molar-refractivity contribution >= 4 is 45.9 Å². The second kappa shape index (κ2) is 9.50. The Morgan fingerprint density at radius 3 is 2.11 bits per heavy atom. The first kappa shape index (κ1) is 23.6. The number of hydrogen-bond acceptors (Lipinski definition) is 9. The molecule has 0 atom stereocenters. The lowest BCUT2D eigenvalue weighted by Crippen LogP contribution is -2.09. The molecule has 0 radical (unpaired) electrons. The summed E-state index contributed by atoms with van der Waals surface area (Å²) in [6.45, 7) is 1.79. The molecule has 3 aromatic carbocycles. The molecule has 5 aromatic rings. The van der Waals surface area contributed by atoms with Crippen LogP contribution in [0.5, 0.6) is 0 Å². The van der Waals surface area contributed by atoms with Crippen LogP contribution in [0.2, 0.25) is 0 Å². The van der Waals surface area contributed by atoms with E-state index in [9.17, 15) is 14.4 Å². The first-order valence-electron chi connectivity index (χ1n) is 11.2. The standard InChI is InChI=1S/C27H21N5O5/c1-15-30-31-25-24(28-20-12-18(26(34)36-2)11-19(13-20)27(35)37-3)29-21-10-9-17(14-22(21)32(15)25)23(33)16-7-5-4-6-8-16/h4-14H,1-3H3,(H,28,29). The van der Waals surface area contributed by atoms with Gasteiger partial charge in [0.2, 0.25) is 5.65 Å². The number of ketones is 1.